The molecule has 0 bridgehead atoms. The van der Waals surface area contributed by atoms with E-state index in [-0.39, 0.29) is 6.61 Å². The lowest BCUT2D eigenvalue weighted by molar-refractivity contribution is -0.240. The molecular formula is C28H23BrClNO5. The highest BCUT2D eigenvalue weighted by Crippen LogP contribution is 2.44. The van der Waals surface area contributed by atoms with Gasteiger partial charge in [0, 0.05) is 51.9 Å². The molecule has 2 heterocycles. The Labute approximate surface area is 221 Å². The Kier molecular flexibility index (Phi) is 6.53. The second kappa shape index (κ2) is 9.64. The van der Waals surface area contributed by atoms with Crippen LogP contribution >= 0.6 is 27.5 Å². The summed E-state index contributed by atoms with van der Waals surface area (Å²) in [5, 5.41) is 1.52. The number of H-pyrrole nitrogens is 1. The van der Waals surface area contributed by atoms with Gasteiger partial charge in [0.2, 0.25) is 0 Å². The third-order valence-electron chi connectivity index (χ3n) is 6.10. The summed E-state index contributed by atoms with van der Waals surface area (Å²) in [6, 6.07) is 20.6. The molecule has 1 fully saturated rings. The van der Waals surface area contributed by atoms with Crippen molar-refractivity contribution in [2.75, 3.05) is 0 Å². The van der Waals surface area contributed by atoms with Gasteiger partial charge in [0.1, 0.15) is 12.4 Å². The molecule has 0 radical (unpaired) electrons. The number of halogens is 2. The monoisotopic (exact) mass is 567 g/mol. The van der Waals surface area contributed by atoms with Gasteiger partial charge in [-0.05, 0) is 47.5 Å². The summed E-state index contributed by atoms with van der Waals surface area (Å²) < 4.78 is 18.1. The van der Waals surface area contributed by atoms with Crippen LogP contribution in [-0.2, 0) is 25.7 Å². The van der Waals surface area contributed by atoms with E-state index in [0.717, 1.165) is 26.5 Å². The standard InChI is InChI=1S/C28H23BrClNO5/c1-28(2)35-26(32)25(27(33)36-28)24(21-14-31-22-6-4-3-5-19(21)22)20-13-17(29)9-12-23(20)34-15-16-7-10-18(30)11-8-16/h3-14,24-25,31H,15H2,1-2H3/t24-/m1/s1. The average Bonchev–Trinajstić information content (AvgIpc) is 3.25. The molecule has 3 aromatic carbocycles. The second-order valence-electron chi connectivity index (χ2n) is 9.08. The number of fused-ring (bicyclic) bond motifs is 1. The number of para-hydroxylation sites is 1. The fourth-order valence-corrected chi connectivity index (χ4v) is 5.02. The van der Waals surface area contributed by atoms with Gasteiger partial charge in [-0.3, -0.25) is 9.59 Å². The Balaban J connectivity index is 1.63. The van der Waals surface area contributed by atoms with Crippen molar-refractivity contribution in [3.8, 4) is 5.75 Å². The van der Waals surface area contributed by atoms with Crippen molar-refractivity contribution in [2.45, 2.75) is 32.2 Å². The number of hydrogen-bond acceptors (Lipinski definition) is 5. The zero-order chi connectivity index (χ0) is 25.4. The third kappa shape index (κ3) is 4.86. The average molecular weight is 569 g/mol. The maximum Gasteiger partial charge on any atom is 0.324 e. The Morgan fingerprint density at radius 2 is 1.69 bits per heavy atom. The Hall–Kier alpha value is -3.29. The number of aromatic amines is 1. The lowest BCUT2D eigenvalue weighted by Crippen LogP contribution is -2.48. The highest BCUT2D eigenvalue weighted by molar-refractivity contribution is 9.10. The molecule has 0 saturated carbocycles. The van der Waals surface area contributed by atoms with Gasteiger partial charge in [-0.15, -0.1) is 0 Å². The fraction of sp³-hybridized carbons (Fsp3) is 0.214. The molecule has 1 aliphatic rings. The molecular weight excluding hydrogens is 546 g/mol. The number of nitrogens with one attached hydrogen (secondary N) is 1. The predicted octanol–water partition coefficient (Wildman–Crippen LogP) is 6.75. The van der Waals surface area contributed by atoms with Gasteiger partial charge in [-0.2, -0.15) is 0 Å². The van der Waals surface area contributed by atoms with Crippen molar-refractivity contribution in [1.29, 1.82) is 0 Å². The van der Waals surface area contributed by atoms with Crippen LogP contribution in [0.15, 0.2) is 77.4 Å². The SMILES string of the molecule is CC1(C)OC(=O)C([C@H](c2cc(Br)ccc2OCc2ccc(Cl)cc2)c2c[nH]c3ccccc23)C(=O)O1. The van der Waals surface area contributed by atoms with Crippen molar-refractivity contribution >= 4 is 50.4 Å². The number of carbonyl (C=O) groups excluding carboxylic acids is 2. The molecule has 1 aromatic heterocycles. The summed E-state index contributed by atoms with van der Waals surface area (Å²) in [6.45, 7) is 3.36. The summed E-state index contributed by atoms with van der Waals surface area (Å²) in [6.07, 6.45) is 1.82. The van der Waals surface area contributed by atoms with Crippen molar-refractivity contribution in [1.82, 2.24) is 4.98 Å². The molecule has 0 unspecified atom stereocenters. The number of aromatic nitrogens is 1. The van der Waals surface area contributed by atoms with Gasteiger partial charge < -0.3 is 19.2 Å². The molecule has 1 atom stereocenters. The summed E-state index contributed by atoms with van der Waals surface area (Å²) in [7, 11) is 0. The van der Waals surface area contributed by atoms with Gasteiger partial charge in [0.15, 0.2) is 5.92 Å². The van der Waals surface area contributed by atoms with Crippen LogP contribution in [0, 0.1) is 5.92 Å². The topological polar surface area (TPSA) is 77.6 Å². The number of carbonyl (C=O) groups is 2. The van der Waals surface area contributed by atoms with Crippen molar-refractivity contribution in [2.24, 2.45) is 5.92 Å². The van der Waals surface area contributed by atoms with Crippen LogP contribution in [0.3, 0.4) is 0 Å². The van der Waals surface area contributed by atoms with Crippen LogP contribution in [0.4, 0.5) is 0 Å². The predicted molar refractivity (Wildman–Crippen MR) is 140 cm³/mol. The molecule has 4 aromatic rings. The zero-order valence-corrected chi connectivity index (χ0v) is 21.9. The number of rotatable bonds is 6. The lowest BCUT2D eigenvalue weighted by atomic mass is 9.79. The van der Waals surface area contributed by atoms with Crippen LogP contribution in [0.25, 0.3) is 10.9 Å². The quantitative estimate of drug-likeness (QED) is 0.206. The van der Waals surface area contributed by atoms with E-state index < -0.39 is 29.6 Å². The number of esters is 2. The van der Waals surface area contributed by atoms with E-state index in [1.54, 1.807) is 26.0 Å². The highest BCUT2D eigenvalue weighted by Gasteiger charge is 2.49. The summed E-state index contributed by atoms with van der Waals surface area (Å²) in [4.78, 5) is 29.8. The number of cyclic esters (lactones) is 2. The van der Waals surface area contributed by atoms with E-state index in [4.69, 9.17) is 25.8 Å². The minimum absolute atomic E-state index is 0.277. The molecule has 6 nitrogen and oxygen atoms in total. The first-order valence-corrected chi connectivity index (χ1v) is 12.6. The maximum atomic E-state index is 13.3. The normalized spacial score (nSPS) is 16.4. The molecule has 184 valence electrons. The third-order valence-corrected chi connectivity index (χ3v) is 6.85. The molecule has 1 saturated heterocycles. The van der Waals surface area contributed by atoms with E-state index in [9.17, 15) is 9.59 Å². The lowest BCUT2D eigenvalue weighted by Gasteiger charge is -2.36. The first kappa shape index (κ1) is 24.4. The van der Waals surface area contributed by atoms with Crippen LogP contribution in [0.5, 0.6) is 5.75 Å². The molecule has 8 heteroatoms. The largest absolute Gasteiger partial charge is 0.489 e. The van der Waals surface area contributed by atoms with E-state index in [0.29, 0.717) is 16.3 Å². The van der Waals surface area contributed by atoms with Crippen LogP contribution < -0.4 is 4.74 Å². The van der Waals surface area contributed by atoms with Crippen LogP contribution in [0.2, 0.25) is 5.02 Å². The van der Waals surface area contributed by atoms with Gasteiger partial charge in [-0.1, -0.05) is 57.9 Å². The van der Waals surface area contributed by atoms with Crippen LogP contribution in [-0.4, -0.2) is 22.7 Å². The van der Waals surface area contributed by atoms with Crippen LogP contribution in [0.1, 0.15) is 36.5 Å². The molecule has 36 heavy (non-hydrogen) atoms. The van der Waals surface area contributed by atoms with Gasteiger partial charge in [-0.25, -0.2) is 0 Å². The van der Waals surface area contributed by atoms with Crippen molar-refractivity contribution in [3.63, 3.8) is 0 Å². The summed E-state index contributed by atoms with van der Waals surface area (Å²) in [5.41, 5.74) is 3.23. The molecule has 0 amide bonds. The highest BCUT2D eigenvalue weighted by atomic mass is 79.9. The van der Waals surface area contributed by atoms with E-state index >= 15 is 0 Å². The van der Waals surface area contributed by atoms with E-state index in [2.05, 4.69) is 20.9 Å². The summed E-state index contributed by atoms with van der Waals surface area (Å²) >= 11 is 9.56. The van der Waals surface area contributed by atoms with Gasteiger partial charge in [0.25, 0.3) is 5.79 Å². The second-order valence-corrected chi connectivity index (χ2v) is 10.4. The van der Waals surface area contributed by atoms with Gasteiger partial charge >= 0.3 is 11.9 Å². The molecule has 1 aliphatic heterocycles. The number of hydrogen-bond donors (Lipinski definition) is 1. The maximum absolute atomic E-state index is 13.3. The fourth-order valence-electron chi connectivity index (χ4n) is 4.51. The van der Waals surface area contributed by atoms with E-state index in [1.807, 2.05) is 60.8 Å². The van der Waals surface area contributed by atoms with Crippen molar-refractivity contribution < 1.29 is 23.8 Å². The minimum Gasteiger partial charge on any atom is -0.489 e. The van der Waals surface area contributed by atoms with Gasteiger partial charge in [0.05, 0.1) is 0 Å². The van der Waals surface area contributed by atoms with E-state index in [1.165, 1.54) is 0 Å². The number of benzene rings is 3. The Morgan fingerprint density at radius 3 is 2.42 bits per heavy atom. The Morgan fingerprint density at radius 1 is 1.00 bits per heavy atom. The minimum atomic E-state index is -1.33. The molecule has 0 spiro atoms. The van der Waals surface area contributed by atoms with Crippen molar-refractivity contribution in [3.05, 3.63) is 99.1 Å². The Bertz CT molecular complexity index is 1430. The molecule has 1 N–H and O–H groups in total. The summed E-state index contributed by atoms with van der Waals surface area (Å²) in [5.74, 6) is -4.03. The first-order valence-electron chi connectivity index (χ1n) is 11.4. The molecule has 0 aliphatic carbocycles. The zero-order valence-electron chi connectivity index (χ0n) is 19.6. The number of ether oxygens (including phenoxy) is 3. The smallest absolute Gasteiger partial charge is 0.324 e. The first-order chi connectivity index (χ1) is 17.2. The molecule has 5 rings (SSSR count).